The molecule has 0 N–H and O–H groups in total. The van der Waals surface area contributed by atoms with E-state index in [4.69, 9.17) is 4.74 Å². The Bertz CT molecular complexity index is 1060. The van der Waals surface area contributed by atoms with Crippen molar-refractivity contribution in [3.63, 3.8) is 0 Å². The van der Waals surface area contributed by atoms with Crippen molar-refractivity contribution in [2.75, 3.05) is 18.3 Å². The number of anilines is 1. The minimum atomic E-state index is -4.56. The molecule has 1 aliphatic rings. The van der Waals surface area contributed by atoms with Crippen LogP contribution in [-0.4, -0.2) is 25.2 Å². The van der Waals surface area contributed by atoms with Gasteiger partial charge >= 0.3 is 12.1 Å². The zero-order chi connectivity index (χ0) is 22.1. The highest BCUT2D eigenvalue weighted by Gasteiger charge is 2.39. The van der Waals surface area contributed by atoms with Crippen molar-refractivity contribution in [3.8, 4) is 0 Å². The fourth-order valence-corrected chi connectivity index (χ4v) is 3.59. The number of thioether (sulfide) groups is 1. The molecule has 30 heavy (non-hydrogen) atoms. The van der Waals surface area contributed by atoms with Gasteiger partial charge in [-0.3, -0.25) is 9.69 Å². The van der Waals surface area contributed by atoms with E-state index in [2.05, 4.69) is 0 Å². The van der Waals surface area contributed by atoms with E-state index in [-0.39, 0.29) is 22.5 Å². The third-order valence-corrected chi connectivity index (χ3v) is 5.39. The molecule has 156 valence electrons. The van der Waals surface area contributed by atoms with E-state index in [0.29, 0.717) is 5.56 Å². The van der Waals surface area contributed by atoms with Gasteiger partial charge in [-0.2, -0.15) is 13.2 Å². The second kappa shape index (κ2) is 8.39. The summed E-state index contributed by atoms with van der Waals surface area (Å²) < 4.78 is 44.2. The standard InChI is InChI=1S/C22H18F3NO3S/c1-13-19(21(28)29-2)18(11-14-7-9-17(30-3)10-8-14)20(27)26(13)16-6-4-5-15(12-16)22(23,24)25/h4-12H,1-3H3/b18-11+. The third-order valence-electron chi connectivity index (χ3n) is 4.65. The Labute approximate surface area is 176 Å². The van der Waals surface area contributed by atoms with E-state index in [1.54, 1.807) is 23.9 Å². The number of carbonyl (C=O) groups excluding carboxylic acids is 2. The molecule has 0 bridgehead atoms. The van der Waals surface area contributed by atoms with E-state index in [1.807, 2.05) is 18.4 Å². The van der Waals surface area contributed by atoms with Crippen LogP contribution in [0, 0.1) is 0 Å². The van der Waals surface area contributed by atoms with Crippen LogP contribution in [0.15, 0.2) is 70.3 Å². The van der Waals surface area contributed by atoms with Crippen molar-refractivity contribution in [3.05, 3.63) is 76.5 Å². The van der Waals surface area contributed by atoms with Crippen molar-refractivity contribution in [1.82, 2.24) is 0 Å². The first-order valence-corrected chi connectivity index (χ1v) is 10.1. The second-order valence-corrected chi connectivity index (χ2v) is 7.35. The smallest absolute Gasteiger partial charge is 0.416 e. The SMILES string of the molecule is COC(=O)C1=C(C)N(c2cccc(C(F)(F)F)c2)C(=O)/C1=C/c1ccc(SC)cc1. The molecule has 0 aromatic heterocycles. The van der Waals surface area contributed by atoms with Gasteiger partial charge in [0.05, 0.1) is 23.8 Å². The van der Waals surface area contributed by atoms with Crippen molar-refractivity contribution in [1.29, 1.82) is 0 Å². The zero-order valence-electron chi connectivity index (χ0n) is 16.4. The Morgan fingerprint density at radius 1 is 1.13 bits per heavy atom. The van der Waals surface area contributed by atoms with Gasteiger partial charge in [-0.25, -0.2) is 4.79 Å². The summed E-state index contributed by atoms with van der Waals surface area (Å²) in [6.07, 6.45) is -1.09. The summed E-state index contributed by atoms with van der Waals surface area (Å²) >= 11 is 1.56. The number of halogens is 3. The topological polar surface area (TPSA) is 46.6 Å². The Hall–Kier alpha value is -3.00. The van der Waals surface area contributed by atoms with Crippen molar-refractivity contribution < 1.29 is 27.5 Å². The Kier molecular flexibility index (Phi) is 6.07. The molecule has 0 atom stereocenters. The highest BCUT2D eigenvalue weighted by Crippen LogP contribution is 2.38. The molecule has 0 aliphatic carbocycles. The summed E-state index contributed by atoms with van der Waals surface area (Å²) in [6.45, 7) is 1.50. The van der Waals surface area contributed by atoms with E-state index >= 15 is 0 Å². The molecule has 1 aliphatic heterocycles. The lowest BCUT2D eigenvalue weighted by molar-refractivity contribution is -0.137. The average Bonchev–Trinajstić information content (AvgIpc) is 2.97. The molecule has 2 aromatic rings. The first kappa shape index (κ1) is 21.7. The lowest BCUT2D eigenvalue weighted by Gasteiger charge is -2.19. The van der Waals surface area contributed by atoms with E-state index in [9.17, 15) is 22.8 Å². The quantitative estimate of drug-likeness (QED) is 0.373. The van der Waals surface area contributed by atoms with Crippen LogP contribution >= 0.6 is 11.8 Å². The number of hydrogen-bond donors (Lipinski definition) is 0. The third kappa shape index (κ3) is 4.14. The van der Waals surface area contributed by atoms with Crippen LogP contribution in [0.2, 0.25) is 0 Å². The van der Waals surface area contributed by atoms with Crippen LogP contribution in [0.3, 0.4) is 0 Å². The first-order chi connectivity index (χ1) is 14.2. The van der Waals surface area contributed by atoms with Crippen molar-refractivity contribution in [2.45, 2.75) is 18.0 Å². The molecule has 0 radical (unpaired) electrons. The van der Waals surface area contributed by atoms with Crippen molar-refractivity contribution in [2.24, 2.45) is 0 Å². The number of alkyl halides is 3. The van der Waals surface area contributed by atoms with Crippen LogP contribution in [0.1, 0.15) is 18.1 Å². The molecule has 0 fully saturated rings. The van der Waals surface area contributed by atoms with Gasteiger partial charge in [0.25, 0.3) is 5.91 Å². The second-order valence-electron chi connectivity index (χ2n) is 6.47. The van der Waals surface area contributed by atoms with Gasteiger partial charge in [0.2, 0.25) is 0 Å². The van der Waals surface area contributed by atoms with E-state index in [0.717, 1.165) is 21.9 Å². The number of hydrogen-bond acceptors (Lipinski definition) is 4. The minimum Gasteiger partial charge on any atom is -0.465 e. The number of amides is 1. The maximum atomic E-state index is 13.2. The molecular formula is C22H18F3NO3S. The molecule has 8 heteroatoms. The molecule has 0 saturated carbocycles. The zero-order valence-corrected chi connectivity index (χ0v) is 17.2. The summed E-state index contributed by atoms with van der Waals surface area (Å²) in [5.74, 6) is -1.33. The van der Waals surface area contributed by atoms with Gasteiger partial charge < -0.3 is 4.74 Å². The average molecular weight is 433 g/mol. The number of carbonyl (C=O) groups is 2. The lowest BCUT2D eigenvalue weighted by Crippen LogP contribution is -2.24. The largest absolute Gasteiger partial charge is 0.465 e. The number of ether oxygens (including phenoxy) is 1. The van der Waals surface area contributed by atoms with E-state index in [1.165, 1.54) is 32.2 Å². The summed E-state index contributed by atoms with van der Waals surface area (Å²) in [6, 6.07) is 11.7. The predicted molar refractivity (Wildman–Crippen MR) is 110 cm³/mol. The number of esters is 1. The van der Waals surface area contributed by atoms with Crippen LogP contribution in [-0.2, 0) is 20.5 Å². The van der Waals surface area contributed by atoms with Crippen molar-refractivity contribution >= 4 is 35.4 Å². The molecular weight excluding hydrogens is 415 g/mol. The highest BCUT2D eigenvalue weighted by molar-refractivity contribution is 7.98. The Morgan fingerprint density at radius 3 is 2.37 bits per heavy atom. The highest BCUT2D eigenvalue weighted by atomic mass is 32.2. The first-order valence-electron chi connectivity index (χ1n) is 8.84. The number of methoxy groups -OCH3 is 1. The fourth-order valence-electron chi connectivity index (χ4n) is 3.18. The molecule has 0 unspecified atom stereocenters. The summed E-state index contributed by atoms with van der Waals surface area (Å²) in [5.41, 5.74) is 0.108. The fraction of sp³-hybridized carbons (Fsp3) is 0.182. The number of benzene rings is 2. The molecule has 3 rings (SSSR count). The molecule has 1 heterocycles. The summed E-state index contributed by atoms with van der Waals surface area (Å²) in [7, 11) is 1.19. The predicted octanol–water partition coefficient (Wildman–Crippen LogP) is 5.30. The lowest BCUT2D eigenvalue weighted by atomic mass is 10.0. The van der Waals surface area contributed by atoms with Gasteiger partial charge in [0.15, 0.2) is 0 Å². The van der Waals surface area contributed by atoms with Gasteiger partial charge in [0, 0.05) is 16.3 Å². The molecule has 0 saturated heterocycles. The van der Waals surface area contributed by atoms with Crippen LogP contribution in [0.25, 0.3) is 6.08 Å². The van der Waals surface area contributed by atoms with Gasteiger partial charge in [-0.05, 0) is 55.2 Å². The van der Waals surface area contributed by atoms with Gasteiger partial charge in [-0.15, -0.1) is 11.8 Å². The minimum absolute atomic E-state index is 0.0221. The maximum absolute atomic E-state index is 13.2. The molecule has 1 amide bonds. The van der Waals surface area contributed by atoms with E-state index < -0.39 is 23.6 Å². The molecule has 0 spiro atoms. The monoisotopic (exact) mass is 433 g/mol. The van der Waals surface area contributed by atoms with Crippen LogP contribution < -0.4 is 4.90 Å². The Balaban J connectivity index is 2.11. The molecule has 2 aromatic carbocycles. The Morgan fingerprint density at radius 2 is 1.80 bits per heavy atom. The van der Waals surface area contributed by atoms with Gasteiger partial charge in [0.1, 0.15) is 0 Å². The normalized spacial score (nSPS) is 15.9. The summed E-state index contributed by atoms with van der Waals surface area (Å²) in [5, 5.41) is 0. The van der Waals surface area contributed by atoms with Gasteiger partial charge in [-0.1, -0.05) is 18.2 Å². The number of allylic oxidation sites excluding steroid dienone is 1. The summed E-state index contributed by atoms with van der Waals surface area (Å²) in [4.78, 5) is 27.7. The van der Waals surface area contributed by atoms with Crippen LogP contribution in [0.4, 0.5) is 18.9 Å². The molecule has 4 nitrogen and oxygen atoms in total. The number of nitrogens with zero attached hydrogens (tertiary/aromatic N) is 1. The van der Waals surface area contributed by atoms with Crippen LogP contribution in [0.5, 0.6) is 0 Å². The maximum Gasteiger partial charge on any atom is 0.416 e. The number of rotatable bonds is 4.